The minimum absolute atomic E-state index is 0.0697. The maximum Gasteiger partial charge on any atom is 0.254 e. The molecule has 1 aliphatic carbocycles. The van der Waals surface area contributed by atoms with Crippen molar-refractivity contribution in [2.45, 2.75) is 57.0 Å². The summed E-state index contributed by atoms with van der Waals surface area (Å²) in [7, 11) is 0. The van der Waals surface area contributed by atoms with Gasteiger partial charge in [-0.15, -0.1) is 0 Å². The van der Waals surface area contributed by atoms with E-state index < -0.39 is 6.04 Å². The number of aromatic nitrogens is 2. The van der Waals surface area contributed by atoms with Crippen LogP contribution >= 0.6 is 0 Å². The molecule has 1 aromatic carbocycles. The Morgan fingerprint density at radius 3 is 2.48 bits per heavy atom. The molecule has 1 aromatic heterocycles. The highest BCUT2D eigenvalue weighted by molar-refractivity contribution is 6.01. The van der Waals surface area contributed by atoms with Gasteiger partial charge in [0, 0.05) is 18.2 Å². The Labute approximate surface area is 159 Å². The number of carbonyl (C=O) groups is 2. The predicted molar refractivity (Wildman–Crippen MR) is 103 cm³/mol. The van der Waals surface area contributed by atoms with Gasteiger partial charge < -0.3 is 10.2 Å². The summed E-state index contributed by atoms with van der Waals surface area (Å²) in [6.45, 7) is 0.619. The molecule has 1 saturated heterocycles. The Morgan fingerprint density at radius 2 is 1.70 bits per heavy atom. The molecule has 6 heteroatoms. The molecule has 142 valence electrons. The monoisotopic (exact) mass is 366 g/mol. The molecule has 1 saturated carbocycles. The van der Waals surface area contributed by atoms with Gasteiger partial charge in [0.2, 0.25) is 5.91 Å². The maximum atomic E-state index is 13.0. The summed E-state index contributed by atoms with van der Waals surface area (Å²) in [5.74, 6) is 0.558. The fraction of sp³-hybridized carbons (Fsp3) is 0.476. The molecule has 1 N–H and O–H groups in total. The SMILES string of the molecule is O=C(Nc1ccnn1C1CCCC1)C1CCCCN1C(=O)c1ccccc1. The quantitative estimate of drug-likeness (QED) is 0.898. The molecule has 4 rings (SSSR count). The molecular weight excluding hydrogens is 340 g/mol. The molecular formula is C21H26N4O2. The lowest BCUT2D eigenvalue weighted by Crippen LogP contribution is -2.50. The van der Waals surface area contributed by atoms with E-state index in [2.05, 4.69) is 10.4 Å². The van der Waals surface area contributed by atoms with Gasteiger partial charge in [0.1, 0.15) is 11.9 Å². The van der Waals surface area contributed by atoms with Crippen LogP contribution in [0.15, 0.2) is 42.6 Å². The van der Waals surface area contributed by atoms with E-state index in [-0.39, 0.29) is 11.8 Å². The van der Waals surface area contributed by atoms with Crippen LogP contribution < -0.4 is 5.32 Å². The number of benzene rings is 1. The average Bonchev–Trinajstić information content (AvgIpc) is 3.39. The van der Waals surface area contributed by atoms with Crippen molar-refractivity contribution in [1.82, 2.24) is 14.7 Å². The Balaban J connectivity index is 1.50. The number of carbonyl (C=O) groups excluding carboxylic acids is 2. The molecule has 6 nitrogen and oxygen atoms in total. The third-order valence-electron chi connectivity index (χ3n) is 5.68. The van der Waals surface area contributed by atoms with Crippen molar-refractivity contribution in [2.24, 2.45) is 0 Å². The largest absolute Gasteiger partial charge is 0.327 e. The number of rotatable bonds is 4. The molecule has 2 aliphatic rings. The van der Waals surface area contributed by atoms with Crippen LogP contribution in [0.5, 0.6) is 0 Å². The highest BCUT2D eigenvalue weighted by atomic mass is 16.2. The zero-order valence-corrected chi connectivity index (χ0v) is 15.5. The van der Waals surface area contributed by atoms with Crippen LogP contribution in [0.25, 0.3) is 0 Å². The summed E-state index contributed by atoms with van der Waals surface area (Å²) in [5.41, 5.74) is 0.633. The molecule has 2 heterocycles. The second kappa shape index (κ2) is 7.94. The van der Waals surface area contributed by atoms with E-state index in [4.69, 9.17) is 0 Å². The number of nitrogens with one attached hydrogen (secondary N) is 1. The van der Waals surface area contributed by atoms with Crippen molar-refractivity contribution in [3.8, 4) is 0 Å². The van der Waals surface area contributed by atoms with Gasteiger partial charge in [-0.2, -0.15) is 5.10 Å². The number of anilines is 1. The molecule has 2 amide bonds. The van der Waals surface area contributed by atoms with Crippen molar-refractivity contribution in [3.05, 3.63) is 48.2 Å². The number of amides is 2. The number of hydrogen-bond acceptors (Lipinski definition) is 3. The minimum atomic E-state index is -0.432. The molecule has 1 unspecified atom stereocenters. The molecule has 27 heavy (non-hydrogen) atoms. The highest BCUT2D eigenvalue weighted by Gasteiger charge is 2.33. The maximum absolute atomic E-state index is 13.0. The van der Waals surface area contributed by atoms with Crippen molar-refractivity contribution in [3.63, 3.8) is 0 Å². The van der Waals surface area contributed by atoms with Gasteiger partial charge in [-0.25, -0.2) is 4.68 Å². The van der Waals surface area contributed by atoms with Gasteiger partial charge in [-0.3, -0.25) is 9.59 Å². The van der Waals surface area contributed by atoms with E-state index in [1.54, 1.807) is 23.2 Å². The van der Waals surface area contributed by atoms with E-state index >= 15 is 0 Å². The normalized spacial score (nSPS) is 20.6. The van der Waals surface area contributed by atoms with Crippen LogP contribution in [0, 0.1) is 0 Å². The predicted octanol–water partition coefficient (Wildman–Crippen LogP) is 3.63. The van der Waals surface area contributed by atoms with Gasteiger partial charge in [-0.1, -0.05) is 31.0 Å². The van der Waals surface area contributed by atoms with E-state index in [1.807, 2.05) is 28.9 Å². The lowest BCUT2D eigenvalue weighted by atomic mass is 10.00. The third kappa shape index (κ3) is 3.75. The van der Waals surface area contributed by atoms with Crippen LogP contribution in [0.4, 0.5) is 5.82 Å². The average molecular weight is 366 g/mol. The fourth-order valence-electron chi connectivity index (χ4n) is 4.26. The van der Waals surface area contributed by atoms with Crippen LogP contribution in [-0.2, 0) is 4.79 Å². The first-order valence-corrected chi connectivity index (χ1v) is 9.94. The van der Waals surface area contributed by atoms with Crippen LogP contribution in [-0.4, -0.2) is 39.1 Å². The summed E-state index contributed by atoms with van der Waals surface area (Å²) < 4.78 is 1.94. The Kier molecular flexibility index (Phi) is 5.23. The van der Waals surface area contributed by atoms with E-state index in [9.17, 15) is 9.59 Å². The van der Waals surface area contributed by atoms with E-state index in [0.717, 1.165) is 31.5 Å². The number of likely N-dealkylation sites (tertiary alicyclic amines) is 1. The Morgan fingerprint density at radius 1 is 0.963 bits per heavy atom. The first-order chi connectivity index (χ1) is 13.2. The Hall–Kier alpha value is -2.63. The molecule has 1 atom stereocenters. The molecule has 2 aromatic rings. The van der Waals surface area contributed by atoms with Crippen molar-refractivity contribution < 1.29 is 9.59 Å². The van der Waals surface area contributed by atoms with Gasteiger partial charge in [0.05, 0.1) is 12.2 Å². The molecule has 0 radical (unpaired) electrons. The molecule has 1 aliphatic heterocycles. The number of nitrogens with zero attached hydrogens (tertiary/aromatic N) is 3. The minimum Gasteiger partial charge on any atom is -0.327 e. The van der Waals surface area contributed by atoms with Crippen LogP contribution in [0.3, 0.4) is 0 Å². The fourth-order valence-corrected chi connectivity index (χ4v) is 4.26. The zero-order chi connectivity index (χ0) is 18.6. The highest BCUT2D eigenvalue weighted by Crippen LogP contribution is 2.31. The van der Waals surface area contributed by atoms with Crippen molar-refractivity contribution >= 4 is 17.6 Å². The van der Waals surface area contributed by atoms with Gasteiger partial charge in [0.15, 0.2) is 0 Å². The van der Waals surface area contributed by atoms with E-state index in [0.29, 0.717) is 24.6 Å². The standard InChI is InChI=1S/C21H26N4O2/c26-20(23-19-13-14-22-25(19)17-10-4-5-11-17)18-12-6-7-15-24(18)21(27)16-8-2-1-3-9-16/h1-3,8-9,13-14,17-18H,4-7,10-12,15H2,(H,23,26). The summed E-state index contributed by atoms with van der Waals surface area (Å²) in [5, 5.41) is 7.46. The summed E-state index contributed by atoms with van der Waals surface area (Å²) in [4.78, 5) is 27.7. The number of piperidine rings is 1. The molecule has 0 spiro atoms. The summed E-state index contributed by atoms with van der Waals surface area (Å²) in [6.07, 6.45) is 8.95. The lowest BCUT2D eigenvalue weighted by molar-refractivity contribution is -0.121. The Bertz CT molecular complexity index is 796. The first-order valence-electron chi connectivity index (χ1n) is 9.94. The lowest BCUT2D eigenvalue weighted by Gasteiger charge is -2.34. The van der Waals surface area contributed by atoms with Crippen molar-refractivity contribution in [1.29, 1.82) is 0 Å². The second-order valence-corrected chi connectivity index (χ2v) is 7.46. The van der Waals surface area contributed by atoms with Gasteiger partial charge >= 0.3 is 0 Å². The second-order valence-electron chi connectivity index (χ2n) is 7.46. The smallest absolute Gasteiger partial charge is 0.254 e. The van der Waals surface area contributed by atoms with Gasteiger partial charge in [0.25, 0.3) is 5.91 Å². The van der Waals surface area contributed by atoms with Crippen LogP contribution in [0.1, 0.15) is 61.3 Å². The van der Waals surface area contributed by atoms with Crippen LogP contribution in [0.2, 0.25) is 0 Å². The van der Waals surface area contributed by atoms with E-state index in [1.165, 1.54) is 12.8 Å². The summed E-state index contributed by atoms with van der Waals surface area (Å²) >= 11 is 0. The topological polar surface area (TPSA) is 67.2 Å². The zero-order valence-electron chi connectivity index (χ0n) is 15.5. The summed E-state index contributed by atoms with van der Waals surface area (Å²) in [6, 6.07) is 11.0. The van der Waals surface area contributed by atoms with Gasteiger partial charge in [-0.05, 0) is 44.2 Å². The molecule has 0 bridgehead atoms. The molecule has 2 fully saturated rings. The first kappa shape index (κ1) is 17.8. The number of hydrogen-bond donors (Lipinski definition) is 1. The van der Waals surface area contributed by atoms with Crippen molar-refractivity contribution in [2.75, 3.05) is 11.9 Å². The third-order valence-corrected chi connectivity index (χ3v) is 5.68.